The number of hydrogen-bond donors (Lipinski definition) is 0. The molecule has 0 aromatic heterocycles. The molecule has 0 fully saturated rings. The number of rotatable bonds is 5. The topological polar surface area (TPSA) is 18.5 Å². The van der Waals surface area contributed by atoms with Crippen molar-refractivity contribution in [3.8, 4) is 5.75 Å². The lowest BCUT2D eigenvalue weighted by Gasteiger charge is -2.51. The van der Waals surface area contributed by atoms with Crippen LogP contribution in [0.1, 0.15) is 61.0 Å². The van der Waals surface area contributed by atoms with Crippen molar-refractivity contribution in [2.45, 2.75) is 72.1 Å². The van der Waals surface area contributed by atoms with Gasteiger partial charge in [-0.15, -0.1) is 0 Å². The first-order chi connectivity index (χ1) is 10.5. The van der Waals surface area contributed by atoms with Crippen LogP contribution in [0.15, 0.2) is 35.5 Å². The second-order valence-corrected chi connectivity index (χ2v) is 13.7. The van der Waals surface area contributed by atoms with Crippen LogP contribution in [0.4, 0.5) is 0 Å². The molecule has 0 unspecified atom stereocenters. The lowest BCUT2D eigenvalue weighted by atomic mass is 10.2. The minimum absolute atomic E-state index is 0.119. The normalized spacial score (nSPS) is 14.0. The summed E-state index contributed by atoms with van der Waals surface area (Å²) >= 11 is 0. The maximum Gasteiger partial charge on any atom is 0.230 e. The Hall–Kier alpha value is -1.06. The Labute approximate surface area is 144 Å². The largest absolute Gasteiger partial charge is 0.497 e. The van der Waals surface area contributed by atoms with Gasteiger partial charge in [-0.25, -0.2) is 0 Å². The monoisotopic (exact) mass is 334 g/mol. The number of hydrogen-bond acceptors (Lipinski definition) is 2. The minimum Gasteiger partial charge on any atom is -0.497 e. The molecule has 3 heteroatoms. The van der Waals surface area contributed by atoms with Gasteiger partial charge in [0.25, 0.3) is 0 Å². The smallest absolute Gasteiger partial charge is 0.230 e. The molecule has 0 aliphatic heterocycles. The Morgan fingerprint density at radius 1 is 1.00 bits per heavy atom. The Morgan fingerprint density at radius 3 is 1.83 bits per heavy atom. The van der Waals surface area contributed by atoms with E-state index in [0.29, 0.717) is 6.61 Å². The molecule has 0 amide bonds. The number of methoxy groups -OCH3 is 1. The summed E-state index contributed by atoms with van der Waals surface area (Å²) < 4.78 is 12.0. The quantitative estimate of drug-likeness (QED) is 0.591. The zero-order chi connectivity index (χ0) is 17.9. The predicted octanol–water partition coefficient (Wildman–Crippen LogP) is 6.26. The molecule has 0 saturated carbocycles. The molecule has 0 saturated heterocycles. The predicted molar refractivity (Wildman–Crippen MR) is 102 cm³/mol. The molecular weight excluding hydrogens is 300 g/mol. The molecule has 0 aliphatic rings. The molecule has 0 heterocycles. The molecule has 130 valence electrons. The van der Waals surface area contributed by atoms with Crippen LogP contribution < -0.4 is 4.74 Å². The van der Waals surface area contributed by atoms with Crippen molar-refractivity contribution in [1.29, 1.82) is 0 Å². The number of benzene rings is 1. The fraction of sp³-hybridized carbons (Fsp3) is 0.600. The summed E-state index contributed by atoms with van der Waals surface area (Å²) in [5, 5.41) is 1.66. The van der Waals surface area contributed by atoms with Crippen molar-refractivity contribution < 1.29 is 9.16 Å². The summed E-state index contributed by atoms with van der Waals surface area (Å²) in [6, 6.07) is 8.18. The van der Waals surface area contributed by atoms with Crippen molar-refractivity contribution in [2.75, 3.05) is 7.11 Å². The number of allylic oxidation sites excluding steroid dienone is 2. The zero-order valence-electron chi connectivity index (χ0n) is 16.4. The van der Waals surface area contributed by atoms with Gasteiger partial charge in [0, 0.05) is 0 Å². The van der Waals surface area contributed by atoms with Crippen LogP contribution in [0.25, 0.3) is 0 Å². The van der Waals surface area contributed by atoms with Crippen molar-refractivity contribution in [3.63, 3.8) is 0 Å². The Bertz CT molecular complexity index is 516. The molecule has 0 radical (unpaired) electrons. The van der Waals surface area contributed by atoms with Gasteiger partial charge >= 0.3 is 0 Å². The van der Waals surface area contributed by atoms with E-state index in [9.17, 15) is 0 Å². The van der Waals surface area contributed by atoms with E-state index in [4.69, 9.17) is 9.16 Å². The Kier molecular flexibility index (Phi) is 6.28. The molecule has 2 nitrogen and oxygen atoms in total. The van der Waals surface area contributed by atoms with Crippen LogP contribution in [0.2, 0.25) is 10.1 Å². The molecule has 0 atom stereocenters. The summed E-state index contributed by atoms with van der Waals surface area (Å²) in [7, 11) is -0.484. The van der Waals surface area contributed by atoms with Gasteiger partial charge < -0.3 is 9.16 Å². The van der Waals surface area contributed by atoms with Gasteiger partial charge in [-0.2, -0.15) is 0 Å². The molecular formula is C20H34O2Si. The summed E-state index contributed by atoms with van der Waals surface area (Å²) in [6.07, 6.45) is 2.25. The fourth-order valence-electron chi connectivity index (χ4n) is 3.97. The van der Waals surface area contributed by atoms with Gasteiger partial charge in [0.05, 0.1) is 13.7 Å². The van der Waals surface area contributed by atoms with E-state index in [1.807, 2.05) is 12.1 Å². The fourth-order valence-corrected chi connectivity index (χ4v) is 10.5. The molecule has 0 spiro atoms. The van der Waals surface area contributed by atoms with Crippen LogP contribution >= 0.6 is 0 Å². The van der Waals surface area contributed by atoms with Crippen LogP contribution in [-0.2, 0) is 11.0 Å². The Balaban J connectivity index is 3.20. The highest BCUT2D eigenvalue weighted by Crippen LogP contribution is 2.55. The molecule has 1 aromatic carbocycles. The lowest BCUT2D eigenvalue weighted by Crippen LogP contribution is -2.55. The van der Waals surface area contributed by atoms with E-state index in [-0.39, 0.29) is 10.1 Å². The summed E-state index contributed by atoms with van der Waals surface area (Å²) in [5.41, 5.74) is 1.19. The first kappa shape index (κ1) is 20.0. The van der Waals surface area contributed by atoms with E-state index in [2.05, 4.69) is 73.6 Å². The van der Waals surface area contributed by atoms with Gasteiger partial charge in [-0.1, -0.05) is 64.9 Å². The SMILES string of the molecule is C/C=C(\C)[Si](OCc1ccc(OC)cc1)(C(C)(C)C)C(C)(C)C. The zero-order valence-corrected chi connectivity index (χ0v) is 17.4. The van der Waals surface area contributed by atoms with Crippen molar-refractivity contribution >= 4 is 8.32 Å². The highest BCUT2D eigenvalue weighted by atomic mass is 28.4. The van der Waals surface area contributed by atoms with Crippen molar-refractivity contribution in [1.82, 2.24) is 0 Å². The standard InChI is InChI=1S/C20H34O2Si/c1-10-16(2)23(19(3,4)5,20(6,7)8)22-15-17-11-13-18(21-9)14-12-17/h10-14H,15H2,1-9H3/b16-10+. The second kappa shape index (κ2) is 7.23. The van der Waals surface area contributed by atoms with Gasteiger partial charge in [0.15, 0.2) is 0 Å². The third-order valence-corrected chi connectivity index (χ3v) is 10.9. The average Bonchev–Trinajstić information content (AvgIpc) is 2.45. The highest BCUT2D eigenvalue weighted by Gasteiger charge is 2.56. The van der Waals surface area contributed by atoms with Crippen LogP contribution in [0.5, 0.6) is 5.75 Å². The van der Waals surface area contributed by atoms with Gasteiger partial charge in [-0.3, -0.25) is 0 Å². The van der Waals surface area contributed by atoms with Gasteiger partial charge in [0.1, 0.15) is 5.75 Å². The maximum absolute atomic E-state index is 6.80. The van der Waals surface area contributed by atoms with E-state index in [1.54, 1.807) is 7.11 Å². The third-order valence-electron chi connectivity index (χ3n) is 4.72. The summed E-state index contributed by atoms with van der Waals surface area (Å²) in [6.45, 7) is 19.0. The molecule has 0 aliphatic carbocycles. The minimum atomic E-state index is -2.18. The third kappa shape index (κ3) is 4.07. The molecule has 0 N–H and O–H groups in total. The average molecular weight is 335 g/mol. The summed E-state index contributed by atoms with van der Waals surface area (Å²) in [5.74, 6) is 0.883. The lowest BCUT2D eigenvalue weighted by molar-refractivity contribution is 0.252. The Morgan fingerprint density at radius 2 is 1.48 bits per heavy atom. The van der Waals surface area contributed by atoms with E-state index >= 15 is 0 Å². The second-order valence-electron chi connectivity index (χ2n) is 8.29. The van der Waals surface area contributed by atoms with E-state index in [1.165, 1.54) is 10.8 Å². The van der Waals surface area contributed by atoms with Crippen molar-refractivity contribution in [3.05, 3.63) is 41.1 Å². The first-order valence-electron chi connectivity index (χ1n) is 8.40. The maximum atomic E-state index is 6.80. The number of ether oxygens (including phenoxy) is 1. The van der Waals surface area contributed by atoms with Crippen LogP contribution in [-0.4, -0.2) is 15.4 Å². The molecule has 23 heavy (non-hydrogen) atoms. The molecule has 1 rings (SSSR count). The molecule has 1 aromatic rings. The molecule has 0 bridgehead atoms. The summed E-state index contributed by atoms with van der Waals surface area (Å²) in [4.78, 5) is 0. The van der Waals surface area contributed by atoms with Crippen molar-refractivity contribution in [2.24, 2.45) is 0 Å². The van der Waals surface area contributed by atoms with Crippen LogP contribution in [0, 0.1) is 0 Å². The van der Waals surface area contributed by atoms with Gasteiger partial charge in [-0.05, 0) is 41.6 Å². The van der Waals surface area contributed by atoms with E-state index in [0.717, 1.165) is 5.75 Å². The highest BCUT2D eigenvalue weighted by molar-refractivity contribution is 6.85. The van der Waals surface area contributed by atoms with Crippen LogP contribution in [0.3, 0.4) is 0 Å². The first-order valence-corrected chi connectivity index (χ1v) is 10.3. The van der Waals surface area contributed by atoms with Gasteiger partial charge in [0.2, 0.25) is 8.32 Å². The van der Waals surface area contributed by atoms with E-state index < -0.39 is 8.32 Å².